The number of rotatable bonds is 5. The van der Waals surface area contributed by atoms with E-state index in [9.17, 15) is 4.79 Å². The van der Waals surface area contributed by atoms with Gasteiger partial charge in [-0.1, -0.05) is 22.0 Å². The van der Waals surface area contributed by atoms with Gasteiger partial charge in [-0.2, -0.15) is 0 Å². The average molecular weight is 427 g/mol. The van der Waals surface area contributed by atoms with Crippen LogP contribution in [0.4, 0.5) is 5.69 Å². The highest BCUT2D eigenvalue weighted by Gasteiger charge is 2.09. The van der Waals surface area contributed by atoms with Crippen LogP contribution in [-0.2, 0) is 4.79 Å². The third-order valence-electron chi connectivity index (χ3n) is 1.85. The standard InChI is InChI=1S/C11H11Br3N2O/c1-2-3-15-6-10(17)16-11-8(13)4-7(12)5-9(11)14/h2,4-5,15H,1,3,6H2,(H,16,17). The van der Waals surface area contributed by atoms with Gasteiger partial charge in [0.1, 0.15) is 0 Å². The summed E-state index contributed by atoms with van der Waals surface area (Å²) >= 11 is 10.2. The van der Waals surface area contributed by atoms with Crippen LogP contribution in [0.25, 0.3) is 0 Å². The van der Waals surface area contributed by atoms with Crippen LogP contribution >= 0.6 is 47.8 Å². The van der Waals surface area contributed by atoms with Crippen LogP contribution in [0.1, 0.15) is 0 Å². The molecule has 0 heterocycles. The quantitative estimate of drug-likeness (QED) is 0.557. The van der Waals surface area contributed by atoms with E-state index in [-0.39, 0.29) is 12.5 Å². The molecule has 0 saturated carbocycles. The first-order chi connectivity index (χ1) is 8.04. The summed E-state index contributed by atoms with van der Waals surface area (Å²) in [5.74, 6) is -0.101. The molecule has 1 aromatic carbocycles. The van der Waals surface area contributed by atoms with Crippen molar-refractivity contribution in [1.29, 1.82) is 0 Å². The molecule has 1 amide bonds. The predicted molar refractivity (Wildman–Crippen MR) is 81.2 cm³/mol. The second-order valence-corrected chi connectivity index (χ2v) is 5.84. The predicted octanol–water partition coefficient (Wildman–Crippen LogP) is 3.69. The first-order valence-electron chi connectivity index (χ1n) is 4.80. The molecule has 0 aromatic heterocycles. The first-order valence-corrected chi connectivity index (χ1v) is 7.18. The van der Waals surface area contributed by atoms with Crippen molar-refractivity contribution < 1.29 is 4.79 Å². The fourth-order valence-electron chi connectivity index (χ4n) is 1.13. The molecule has 0 aliphatic heterocycles. The largest absolute Gasteiger partial charge is 0.323 e. The summed E-state index contributed by atoms with van der Waals surface area (Å²) in [7, 11) is 0. The van der Waals surface area contributed by atoms with Gasteiger partial charge in [-0.15, -0.1) is 6.58 Å². The van der Waals surface area contributed by atoms with Gasteiger partial charge in [0.05, 0.1) is 12.2 Å². The van der Waals surface area contributed by atoms with Crippen LogP contribution in [0.3, 0.4) is 0 Å². The maximum absolute atomic E-state index is 11.6. The summed E-state index contributed by atoms with van der Waals surface area (Å²) in [6.45, 7) is 4.42. The summed E-state index contributed by atoms with van der Waals surface area (Å²) in [5.41, 5.74) is 0.721. The zero-order valence-corrected chi connectivity index (χ0v) is 13.7. The summed E-state index contributed by atoms with van der Waals surface area (Å²) < 4.78 is 2.56. The Kier molecular flexibility index (Phi) is 6.40. The van der Waals surface area contributed by atoms with Crippen molar-refractivity contribution in [3.63, 3.8) is 0 Å². The lowest BCUT2D eigenvalue weighted by molar-refractivity contribution is -0.115. The highest BCUT2D eigenvalue weighted by molar-refractivity contribution is 9.11. The van der Waals surface area contributed by atoms with Gasteiger partial charge in [-0.05, 0) is 44.0 Å². The molecule has 0 bridgehead atoms. The Morgan fingerprint density at radius 1 is 1.29 bits per heavy atom. The lowest BCUT2D eigenvalue weighted by Crippen LogP contribution is -2.28. The fourth-order valence-corrected chi connectivity index (χ4v) is 3.59. The number of hydrogen-bond acceptors (Lipinski definition) is 2. The van der Waals surface area contributed by atoms with Crippen molar-refractivity contribution in [2.45, 2.75) is 0 Å². The van der Waals surface area contributed by atoms with Gasteiger partial charge in [-0.25, -0.2) is 0 Å². The van der Waals surface area contributed by atoms with E-state index in [1.54, 1.807) is 6.08 Å². The van der Waals surface area contributed by atoms with Crippen LogP contribution < -0.4 is 10.6 Å². The molecular formula is C11H11Br3N2O. The Morgan fingerprint density at radius 2 is 1.88 bits per heavy atom. The number of halogens is 3. The van der Waals surface area contributed by atoms with E-state index in [1.807, 2.05) is 12.1 Å². The van der Waals surface area contributed by atoms with E-state index in [0.717, 1.165) is 19.1 Å². The van der Waals surface area contributed by atoms with E-state index in [4.69, 9.17) is 0 Å². The molecule has 0 radical (unpaired) electrons. The van der Waals surface area contributed by atoms with Gasteiger partial charge in [0.2, 0.25) is 5.91 Å². The van der Waals surface area contributed by atoms with Crippen LogP contribution in [0.15, 0.2) is 38.2 Å². The maximum Gasteiger partial charge on any atom is 0.238 e. The molecule has 92 valence electrons. The van der Waals surface area contributed by atoms with Crippen LogP contribution in [0.5, 0.6) is 0 Å². The van der Waals surface area contributed by atoms with Gasteiger partial charge in [0.15, 0.2) is 0 Å². The maximum atomic E-state index is 11.6. The smallest absolute Gasteiger partial charge is 0.238 e. The second kappa shape index (κ2) is 7.31. The highest BCUT2D eigenvalue weighted by Crippen LogP contribution is 2.34. The van der Waals surface area contributed by atoms with E-state index in [0.29, 0.717) is 6.54 Å². The molecule has 0 spiro atoms. The molecule has 0 unspecified atom stereocenters. The summed E-state index contributed by atoms with van der Waals surface area (Å²) in [6.07, 6.45) is 1.71. The van der Waals surface area contributed by atoms with Crippen molar-refractivity contribution in [3.8, 4) is 0 Å². The Hall–Kier alpha value is -0.170. The van der Waals surface area contributed by atoms with Crippen molar-refractivity contribution in [2.24, 2.45) is 0 Å². The number of carbonyl (C=O) groups is 1. The molecule has 0 saturated heterocycles. The molecule has 0 aliphatic carbocycles. The number of benzene rings is 1. The highest BCUT2D eigenvalue weighted by atomic mass is 79.9. The Balaban J connectivity index is 2.68. The van der Waals surface area contributed by atoms with Crippen molar-refractivity contribution >= 4 is 59.4 Å². The summed E-state index contributed by atoms with van der Waals surface area (Å²) in [5, 5.41) is 5.75. The Morgan fingerprint density at radius 3 is 2.41 bits per heavy atom. The minimum absolute atomic E-state index is 0.101. The van der Waals surface area contributed by atoms with Crippen LogP contribution in [-0.4, -0.2) is 19.0 Å². The molecule has 6 heteroatoms. The number of nitrogens with one attached hydrogen (secondary N) is 2. The number of amides is 1. The second-order valence-electron chi connectivity index (χ2n) is 3.21. The average Bonchev–Trinajstić information content (AvgIpc) is 2.24. The van der Waals surface area contributed by atoms with E-state index in [2.05, 4.69) is 65.0 Å². The third kappa shape index (κ3) is 4.91. The fraction of sp³-hybridized carbons (Fsp3) is 0.182. The molecule has 1 aromatic rings. The van der Waals surface area contributed by atoms with E-state index in [1.165, 1.54) is 0 Å². The Bertz CT molecular complexity index is 412. The van der Waals surface area contributed by atoms with Crippen LogP contribution in [0.2, 0.25) is 0 Å². The normalized spacial score (nSPS) is 10.1. The zero-order chi connectivity index (χ0) is 12.8. The Labute approximate surface area is 125 Å². The molecule has 0 atom stereocenters. The third-order valence-corrected chi connectivity index (χ3v) is 3.55. The van der Waals surface area contributed by atoms with E-state index < -0.39 is 0 Å². The molecule has 3 nitrogen and oxygen atoms in total. The lowest BCUT2D eigenvalue weighted by Gasteiger charge is -2.10. The lowest BCUT2D eigenvalue weighted by atomic mass is 10.3. The number of hydrogen-bond donors (Lipinski definition) is 2. The topological polar surface area (TPSA) is 41.1 Å². The first kappa shape index (κ1) is 14.9. The summed E-state index contributed by atoms with van der Waals surface area (Å²) in [4.78, 5) is 11.6. The number of anilines is 1. The number of carbonyl (C=O) groups excluding carboxylic acids is 1. The minimum Gasteiger partial charge on any atom is -0.323 e. The van der Waals surface area contributed by atoms with E-state index >= 15 is 0 Å². The van der Waals surface area contributed by atoms with Crippen molar-refractivity contribution in [3.05, 3.63) is 38.2 Å². The summed E-state index contributed by atoms with van der Waals surface area (Å²) in [6, 6.07) is 3.75. The monoisotopic (exact) mass is 424 g/mol. The van der Waals surface area contributed by atoms with Gasteiger partial charge in [0, 0.05) is 20.0 Å². The molecule has 17 heavy (non-hydrogen) atoms. The van der Waals surface area contributed by atoms with Crippen molar-refractivity contribution in [2.75, 3.05) is 18.4 Å². The van der Waals surface area contributed by atoms with Gasteiger partial charge >= 0.3 is 0 Å². The molecular weight excluding hydrogens is 416 g/mol. The molecule has 0 aliphatic rings. The van der Waals surface area contributed by atoms with Gasteiger partial charge < -0.3 is 10.6 Å². The SMILES string of the molecule is C=CCNCC(=O)Nc1c(Br)cc(Br)cc1Br. The molecule has 2 N–H and O–H groups in total. The van der Waals surface area contributed by atoms with Gasteiger partial charge in [0.25, 0.3) is 0 Å². The van der Waals surface area contributed by atoms with Crippen LogP contribution in [0, 0.1) is 0 Å². The molecule has 0 fully saturated rings. The molecule has 1 rings (SSSR count). The zero-order valence-electron chi connectivity index (χ0n) is 8.90. The minimum atomic E-state index is -0.101. The van der Waals surface area contributed by atoms with Crippen molar-refractivity contribution in [1.82, 2.24) is 5.32 Å². The van der Waals surface area contributed by atoms with Gasteiger partial charge in [-0.3, -0.25) is 4.79 Å².